The van der Waals surface area contributed by atoms with Crippen molar-refractivity contribution in [3.8, 4) is 0 Å². The highest BCUT2D eigenvalue weighted by atomic mass is 16.2. The number of hydrogen-bond donors (Lipinski definition) is 2. The summed E-state index contributed by atoms with van der Waals surface area (Å²) < 4.78 is 1.93. The number of rotatable bonds is 2. The molecule has 0 spiro atoms. The van der Waals surface area contributed by atoms with Crippen LogP contribution in [0.4, 0.5) is 4.79 Å². The number of H-pyrrole nitrogens is 1. The summed E-state index contributed by atoms with van der Waals surface area (Å²) in [7, 11) is 1.62. The molecule has 0 radical (unpaired) electrons. The molecular formula is C15H21BN6O2. The summed E-state index contributed by atoms with van der Waals surface area (Å²) in [6, 6.07) is 0.240. The van der Waals surface area contributed by atoms with Gasteiger partial charge >= 0.3 is 6.03 Å². The van der Waals surface area contributed by atoms with Crippen LogP contribution >= 0.6 is 0 Å². The summed E-state index contributed by atoms with van der Waals surface area (Å²) in [6.07, 6.45) is 7.48. The lowest BCUT2D eigenvalue weighted by atomic mass is 9.96. The van der Waals surface area contributed by atoms with E-state index in [-0.39, 0.29) is 17.5 Å². The van der Waals surface area contributed by atoms with Crippen LogP contribution in [0.5, 0.6) is 0 Å². The SMILES string of the molecule is BNC(=O)N1CC(c2nc3c(cnn3C3CCCCC3)c(=O)[nH]2)C1. The third-order valence-corrected chi connectivity index (χ3v) is 5.17. The fourth-order valence-corrected chi connectivity index (χ4v) is 3.71. The van der Waals surface area contributed by atoms with Crippen molar-refractivity contribution in [1.82, 2.24) is 29.9 Å². The van der Waals surface area contributed by atoms with Gasteiger partial charge in [-0.15, -0.1) is 0 Å². The maximum absolute atomic E-state index is 12.4. The van der Waals surface area contributed by atoms with E-state index in [2.05, 4.69) is 15.3 Å². The van der Waals surface area contributed by atoms with Gasteiger partial charge in [0.15, 0.2) is 5.65 Å². The van der Waals surface area contributed by atoms with E-state index in [0.717, 1.165) is 12.8 Å². The van der Waals surface area contributed by atoms with Crippen molar-refractivity contribution in [2.45, 2.75) is 44.1 Å². The fraction of sp³-hybridized carbons (Fsp3) is 0.600. The Morgan fingerprint density at radius 2 is 2.04 bits per heavy atom. The molecule has 8 nitrogen and oxygen atoms in total. The molecule has 0 atom stereocenters. The number of likely N-dealkylation sites (tertiary alicyclic amines) is 1. The topological polar surface area (TPSA) is 95.9 Å². The van der Waals surface area contributed by atoms with Crippen LogP contribution in [-0.4, -0.2) is 51.8 Å². The maximum Gasteiger partial charge on any atom is 0.304 e. The molecule has 3 heterocycles. The summed E-state index contributed by atoms with van der Waals surface area (Å²) in [5.74, 6) is 0.735. The number of nitrogens with one attached hydrogen (secondary N) is 2. The van der Waals surface area contributed by atoms with Gasteiger partial charge in [0.2, 0.25) is 7.98 Å². The third-order valence-electron chi connectivity index (χ3n) is 5.17. The Balaban J connectivity index is 1.64. The van der Waals surface area contributed by atoms with Crippen LogP contribution in [0.1, 0.15) is 49.9 Å². The van der Waals surface area contributed by atoms with Crippen molar-refractivity contribution < 1.29 is 4.79 Å². The molecule has 2 N–H and O–H groups in total. The number of carbonyl (C=O) groups is 1. The van der Waals surface area contributed by atoms with Crippen LogP contribution < -0.4 is 10.8 Å². The summed E-state index contributed by atoms with van der Waals surface area (Å²) in [6.45, 7) is 1.15. The molecule has 2 aromatic rings. The highest BCUT2D eigenvalue weighted by Gasteiger charge is 2.33. The lowest BCUT2D eigenvalue weighted by Gasteiger charge is -2.38. The second-order valence-electron chi connectivity index (χ2n) is 6.73. The van der Waals surface area contributed by atoms with E-state index in [9.17, 15) is 9.59 Å². The van der Waals surface area contributed by atoms with E-state index >= 15 is 0 Å². The summed E-state index contributed by atoms with van der Waals surface area (Å²) in [5, 5.41) is 7.60. The zero-order valence-electron chi connectivity index (χ0n) is 13.8. The molecule has 0 unspecified atom stereocenters. The van der Waals surface area contributed by atoms with Crippen LogP contribution in [0, 0.1) is 0 Å². The minimum absolute atomic E-state index is 0.0779. The van der Waals surface area contributed by atoms with Crippen molar-refractivity contribution in [2.24, 2.45) is 0 Å². The van der Waals surface area contributed by atoms with E-state index in [1.165, 1.54) is 19.3 Å². The molecule has 1 saturated heterocycles. The number of aromatic amines is 1. The van der Waals surface area contributed by atoms with Crippen LogP contribution in [0.25, 0.3) is 11.0 Å². The van der Waals surface area contributed by atoms with Gasteiger partial charge in [-0.2, -0.15) is 5.10 Å². The summed E-state index contributed by atoms with van der Waals surface area (Å²) >= 11 is 0. The molecule has 24 heavy (non-hydrogen) atoms. The minimum atomic E-state index is -0.143. The number of aromatic nitrogens is 4. The first-order chi connectivity index (χ1) is 11.7. The average Bonchev–Trinajstić information content (AvgIpc) is 2.98. The highest BCUT2D eigenvalue weighted by Crippen LogP contribution is 2.30. The van der Waals surface area contributed by atoms with Crippen LogP contribution in [0.2, 0.25) is 0 Å². The van der Waals surface area contributed by atoms with Gasteiger partial charge < -0.3 is 15.1 Å². The summed E-state index contributed by atoms with van der Waals surface area (Å²) in [4.78, 5) is 33.2. The van der Waals surface area contributed by atoms with E-state index in [1.54, 1.807) is 19.1 Å². The monoisotopic (exact) mass is 328 g/mol. The van der Waals surface area contributed by atoms with E-state index < -0.39 is 0 Å². The van der Waals surface area contributed by atoms with Crippen molar-refractivity contribution in [2.75, 3.05) is 13.1 Å². The van der Waals surface area contributed by atoms with Crippen molar-refractivity contribution >= 4 is 25.0 Å². The van der Waals surface area contributed by atoms with Gasteiger partial charge in [0.05, 0.1) is 18.2 Å². The molecule has 1 aliphatic heterocycles. The first kappa shape index (κ1) is 15.2. The first-order valence-corrected chi connectivity index (χ1v) is 8.61. The molecular weight excluding hydrogens is 307 g/mol. The molecule has 2 aliphatic rings. The van der Waals surface area contributed by atoms with Crippen LogP contribution in [0.15, 0.2) is 11.0 Å². The Bertz CT molecular complexity index is 819. The van der Waals surface area contributed by atoms with E-state index in [0.29, 0.717) is 36.0 Å². The molecule has 1 aliphatic carbocycles. The second kappa shape index (κ2) is 5.96. The van der Waals surface area contributed by atoms with Crippen molar-refractivity contribution in [3.63, 3.8) is 0 Å². The quantitative estimate of drug-likeness (QED) is 0.774. The standard InChI is InChI=1S/C15H21BN6O2/c16-20-15(24)21-7-9(8-21)12-18-13-11(14(23)19-12)6-17-22(13)10-4-2-1-3-5-10/h6,9-10H,1-5,7-8,16H2,(H,20,24)(H,18,19,23). The van der Waals surface area contributed by atoms with E-state index in [1.807, 2.05) is 4.68 Å². The Labute approximate surface area is 140 Å². The first-order valence-electron chi connectivity index (χ1n) is 8.61. The van der Waals surface area contributed by atoms with Crippen molar-refractivity contribution in [1.29, 1.82) is 0 Å². The predicted octanol–water partition coefficient (Wildman–Crippen LogP) is 0.282. The molecule has 2 aromatic heterocycles. The lowest BCUT2D eigenvalue weighted by Crippen LogP contribution is -2.52. The van der Waals surface area contributed by atoms with Gasteiger partial charge in [0, 0.05) is 13.1 Å². The molecule has 0 bridgehead atoms. The van der Waals surface area contributed by atoms with Gasteiger partial charge in [-0.25, -0.2) is 9.67 Å². The average molecular weight is 328 g/mol. The smallest absolute Gasteiger partial charge is 0.304 e. The molecule has 9 heteroatoms. The van der Waals surface area contributed by atoms with Crippen LogP contribution in [-0.2, 0) is 0 Å². The second-order valence-corrected chi connectivity index (χ2v) is 6.73. The normalized spacial score (nSPS) is 19.4. The fourth-order valence-electron chi connectivity index (χ4n) is 3.71. The van der Waals surface area contributed by atoms with E-state index in [4.69, 9.17) is 4.98 Å². The predicted molar refractivity (Wildman–Crippen MR) is 91.7 cm³/mol. The Hall–Kier alpha value is -2.32. The molecule has 2 fully saturated rings. The maximum atomic E-state index is 12.4. The number of amides is 2. The number of carbonyl (C=O) groups excluding carboxylic acids is 1. The van der Waals surface area contributed by atoms with Gasteiger partial charge in [-0.3, -0.25) is 9.59 Å². The van der Waals surface area contributed by atoms with Crippen molar-refractivity contribution in [3.05, 3.63) is 22.4 Å². The molecule has 1 saturated carbocycles. The third kappa shape index (κ3) is 2.48. The van der Waals surface area contributed by atoms with Gasteiger partial charge in [0.25, 0.3) is 5.56 Å². The number of fused-ring (bicyclic) bond motifs is 1. The van der Waals surface area contributed by atoms with Crippen LogP contribution in [0.3, 0.4) is 0 Å². The number of hydrogen-bond acceptors (Lipinski definition) is 4. The molecule has 4 rings (SSSR count). The Morgan fingerprint density at radius 1 is 1.29 bits per heavy atom. The molecule has 0 aromatic carbocycles. The molecule has 2 amide bonds. The number of urea groups is 1. The summed E-state index contributed by atoms with van der Waals surface area (Å²) in [5.41, 5.74) is 0.537. The zero-order chi connectivity index (χ0) is 16.7. The highest BCUT2D eigenvalue weighted by molar-refractivity contribution is 6.13. The molecule has 126 valence electrons. The zero-order valence-corrected chi connectivity index (χ0v) is 13.8. The largest absolute Gasteiger partial charge is 0.388 e. The Morgan fingerprint density at radius 3 is 2.75 bits per heavy atom. The Kier molecular flexibility index (Phi) is 3.78. The minimum Gasteiger partial charge on any atom is -0.388 e. The van der Waals surface area contributed by atoms with Gasteiger partial charge in [0.1, 0.15) is 11.2 Å². The van der Waals surface area contributed by atoms with Gasteiger partial charge in [-0.1, -0.05) is 19.3 Å². The lowest BCUT2D eigenvalue weighted by molar-refractivity contribution is 0.153. The van der Waals surface area contributed by atoms with Gasteiger partial charge in [-0.05, 0) is 12.8 Å². The number of nitrogens with zero attached hydrogens (tertiary/aromatic N) is 4.